The summed E-state index contributed by atoms with van der Waals surface area (Å²) in [5.74, 6) is -0.510. The number of carbonyl (C=O) groups excluding carboxylic acids is 2. The van der Waals surface area contributed by atoms with E-state index in [1.54, 1.807) is 28.3 Å². The highest BCUT2D eigenvalue weighted by atomic mass is 19.1. The average Bonchev–Trinajstić information content (AvgIpc) is 2.99. The minimum absolute atomic E-state index is 0.0256. The molecule has 0 aliphatic carbocycles. The van der Waals surface area contributed by atoms with E-state index in [2.05, 4.69) is 4.98 Å². The molecule has 1 aromatic carbocycles. The molecule has 0 saturated carbocycles. The van der Waals surface area contributed by atoms with Crippen LogP contribution in [0.25, 0.3) is 0 Å². The van der Waals surface area contributed by atoms with Gasteiger partial charge in [-0.25, -0.2) is 4.39 Å². The van der Waals surface area contributed by atoms with Crippen molar-refractivity contribution in [1.82, 2.24) is 14.8 Å². The van der Waals surface area contributed by atoms with Crippen molar-refractivity contribution in [3.05, 3.63) is 59.7 Å². The van der Waals surface area contributed by atoms with Gasteiger partial charge in [-0.15, -0.1) is 0 Å². The van der Waals surface area contributed by atoms with E-state index in [4.69, 9.17) is 0 Å². The van der Waals surface area contributed by atoms with Crippen LogP contribution >= 0.6 is 0 Å². The zero-order valence-electron chi connectivity index (χ0n) is 12.7. The molecule has 1 aliphatic heterocycles. The summed E-state index contributed by atoms with van der Waals surface area (Å²) in [6.45, 7) is 2.19. The molecule has 0 bridgehead atoms. The standard InChI is InChI=1S/C17H18FN3O2/c18-15-4-2-13(3-5-15)16(22)20-8-1-9-21(11-10-20)17(23)14-6-7-19-12-14/h2-7,12,19H,1,8-11H2. The lowest BCUT2D eigenvalue weighted by atomic mass is 10.2. The highest BCUT2D eigenvalue weighted by Gasteiger charge is 2.23. The van der Waals surface area contributed by atoms with E-state index >= 15 is 0 Å². The summed E-state index contributed by atoms with van der Waals surface area (Å²) in [6, 6.07) is 7.30. The second-order valence-corrected chi connectivity index (χ2v) is 5.54. The molecule has 1 N–H and O–H groups in total. The minimum atomic E-state index is -0.360. The molecule has 0 atom stereocenters. The quantitative estimate of drug-likeness (QED) is 0.923. The molecule has 23 heavy (non-hydrogen) atoms. The molecule has 0 unspecified atom stereocenters. The summed E-state index contributed by atoms with van der Waals surface area (Å²) in [4.78, 5) is 31.2. The lowest BCUT2D eigenvalue weighted by Crippen LogP contribution is -2.37. The molecular formula is C17H18FN3O2. The molecule has 0 radical (unpaired) electrons. The third-order valence-corrected chi connectivity index (χ3v) is 4.01. The molecule has 2 amide bonds. The summed E-state index contributed by atoms with van der Waals surface area (Å²) in [7, 11) is 0. The number of rotatable bonds is 2. The monoisotopic (exact) mass is 315 g/mol. The van der Waals surface area contributed by atoms with Gasteiger partial charge in [-0.1, -0.05) is 0 Å². The van der Waals surface area contributed by atoms with Crippen molar-refractivity contribution in [3.63, 3.8) is 0 Å². The van der Waals surface area contributed by atoms with Gasteiger partial charge in [0.2, 0.25) is 0 Å². The first-order valence-corrected chi connectivity index (χ1v) is 7.62. The largest absolute Gasteiger partial charge is 0.367 e. The lowest BCUT2D eigenvalue weighted by molar-refractivity contribution is 0.0719. The number of aromatic nitrogens is 1. The Morgan fingerprint density at radius 3 is 2.04 bits per heavy atom. The number of hydrogen-bond acceptors (Lipinski definition) is 2. The highest BCUT2D eigenvalue weighted by molar-refractivity contribution is 5.95. The zero-order valence-corrected chi connectivity index (χ0v) is 12.7. The van der Waals surface area contributed by atoms with E-state index in [-0.39, 0.29) is 17.6 Å². The van der Waals surface area contributed by atoms with E-state index in [0.29, 0.717) is 37.3 Å². The van der Waals surface area contributed by atoms with Gasteiger partial charge in [0.1, 0.15) is 5.82 Å². The molecule has 2 heterocycles. The Bertz CT molecular complexity index is 682. The van der Waals surface area contributed by atoms with Crippen molar-refractivity contribution in [1.29, 1.82) is 0 Å². The number of H-pyrrole nitrogens is 1. The van der Waals surface area contributed by atoms with E-state index in [0.717, 1.165) is 6.42 Å². The Morgan fingerprint density at radius 2 is 1.48 bits per heavy atom. The maximum Gasteiger partial charge on any atom is 0.255 e. The van der Waals surface area contributed by atoms with Gasteiger partial charge in [-0.2, -0.15) is 0 Å². The van der Waals surface area contributed by atoms with Gasteiger partial charge in [-0.05, 0) is 36.8 Å². The third kappa shape index (κ3) is 3.41. The molecule has 0 spiro atoms. The van der Waals surface area contributed by atoms with E-state index in [1.807, 2.05) is 0 Å². The van der Waals surface area contributed by atoms with Gasteiger partial charge in [0.05, 0.1) is 5.56 Å². The van der Waals surface area contributed by atoms with Crippen LogP contribution in [0.1, 0.15) is 27.1 Å². The van der Waals surface area contributed by atoms with Crippen LogP contribution in [0.4, 0.5) is 4.39 Å². The van der Waals surface area contributed by atoms with Crippen molar-refractivity contribution in [2.24, 2.45) is 0 Å². The van der Waals surface area contributed by atoms with Gasteiger partial charge in [-0.3, -0.25) is 9.59 Å². The molecule has 2 aromatic rings. The molecule has 120 valence electrons. The predicted octanol–water partition coefficient (Wildman–Crippen LogP) is 2.14. The number of hydrogen-bond donors (Lipinski definition) is 1. The van der Waals surface area contributed by atoms with Crippen LogP contribution < -0.4 is 0 Å². The summed E-state index contributed by atoms with van der Waals surface area (Å²) >= 11 is 0. The third-order valence-electron chi connectivity index (χ3n) is 4.01. The number of amides is 2. The van der Waals surface area contributed by atoms with Gasteiger partial charge in [0.15, 0.2) is 0 Å². The summed E-state index contributed by atoms with van der Waals surface area (Å²) in [5, 5.41) is 0. The topological polar surface area (TPSA) is 56.4 Å². The Balaban J connectivity index is 1.65. The van der Waals surface area contributed by atoms with Crippen LogP contribution in [0, 0.1) is 5.82 Å². The Kier molecular flexibility index (Phi) is 4.41. The van der Waals surface area contributed by atoms with Crippen LogP contribution in [0.5, 0.6) is 0 Å². The summed E-state index contributed by atoms with van der Waals surface area (Å²) < 4.78 is 13.0. The number of nitrogens with zero attached hydrogens (tertiary/aromatic N) is 2. The SMILES string of the molecule is O=C(c1ccc(F)cc1)N1CCCN(C(=O)c2cc[nH]c2)CC1. The van der Waals surface area contributed by atoms with Gasteiger partial charge < -0.3 is 14.8 Å². The smallest absolute Gasteiger partial charge is 0.255 e. The molecule has 1 fully saturated rings. The number of carbonyl (C=O) groups is 2. The van der Waals surface area contributed by atoms with Crippen LogP contribution in [0.2, 0.25) is 0 Å². The fraction of sp³-hybridized carbons (Fsp3) is 0.294. The minimum Gasteiger partial charge on any atom is -0.367 e. The molecule has 6 heteroatoms. The van der Waals surface area contributed by atoms with E-state index in [9.17, 15) is 14.0 Å². The Morgan fingerprint density at radius 1 is 0.870 bits per heavy atom. The molecule has 5 nitrogen and oxygen atoms in total. The first-order chi connectivity index (χ1) is 11.1. The van der Waals surface area contributed by atoms with Gasteiger partial charge in [0, 0.05) is 44.1 Å². The molecular weight excluding hydrogens is 297 g/mol. The highest BCUT2D eigenvalue weighted by Crippen LogP contribution is 2.12. The average molecular weight is 315 g/mol. The molecule has 1 aliphatic rings. The summed E-state index contributed by atoms with van der Waals surface area (Å²) in [5.41, 5.74) is 1.10. The molecule has 1 aromatic heterocycles. The number of aromatic amines is 1. The Hall–Kier alpha value is -2.63. The van der Waals surface area contributed by atoms with Crippen LogP contribution in [0.15, 0.2) is 42.7 Å². The van der Waals surface area contributed by atoms with E-state index < -0.39 is 0 Å². The van der Waals surface area contributed by atoms with Crippen molar-refractivity contribution in [2.75, 3.05) is 26.2 Å². The van der Waals surface area contributed by atoms with Crippen molar-refractivity contribution >= 4 is 11.8 Å². The maximum atomic E-state index is 13.0. The fourth-order valence-corrected chi connectivity index (χ4v) is 2.74. The second kappa shape index (κ2) is 6.64. The Labute approximate surface area is 133 Å². The first kappa shape index (κ1) is 15.3. The number of nitrogens with one attached hydrogen (secondary N) is 1. The van der Waals surface area contributed by atoms with Crippen LogP contribution in [0.3, 0.4) is 0 Å². The van der Waals surface area contributed by atoms with Crippen LogP contribution in [-0.4, -0.2) is 52.8 Å². The lowest BCUT2D eigenvalue weighted by Gasteiger charge is -2.22. The molecule has 3 rings (SSSR count). The predicted molar refractivity (Wildman–Crippen MR) is 83.6 cm³/mol. The zero-order chi connectivity index (χ0) is 16.2. The van der Waals surface area contributed by atoms with E-state index in [1.165, 1.54) is 24.3 Å². The number of halogens is 1. The van der Waals surface area contributed by atoms with Crippen molar-refractivity contribution in [2.45, 2.75) is 6.42 Å². The maximum absolute atomic E-state index is 13.0. The van der Waals surface area contributed by atoms with Crippen molar-refractivity contribution in [3.8, 4) is 0 Å². The second-order valence-electron chi connectivity index (χ2n) is 5.54. The first-order valence-electron chi connectivity index (χ1n) is 7.62. The normalized spacial score (nSPS) is 15.3. The van der Waals surface area contributed by atoms with Gasteiger partial charge in [0.25, 0.3) is 11.8 Å². The molecule has 1 saturated heterocycles. The van der Waals surface area contributed by atoms with Crippen molar-refractivity contribution < 1.29 is 14.0 Å². The number of benzene rings is 1. The summed E-state index contributed by atoms with van der Waals surface area (Å²) in [6.07, 6.45) is 4.12. The van der Waals surface area contributed by atoms with Gasteiger partial charge >= 0.3 is 0 Å². The van der Waals surface area contributed by atoms with Crippen LogP contribution in [-0.2, 0) is 0 Å². The fourth-order valence-electron chi connectivity index (χ4n) is 2.74.